The molecule has 0 saturated heterocycles. The van der Waals surface area contributed by atoms with E-state index in [1.807, 2.05) is 19.2 Å². The van der Waals surface area contributed by atoms with Crippen molar-refractivity contribution in [2.75, 3.05) is 11.9 Å². The summed E-state index contributed by atoms with van der Waals surface area (Å²) in [7, 11) is 2.03. The number of non-ortho nitro benzene ring substituents is 1. The molecule has 0 bridgehead atoms. The van der Waals surface area contributed by atoms with Gasteiger partial charge >= 0.3 is 0 Å². The molecule has 25 heavy (non-hydrogen) atoms. The molecular weight excluding hydrogens is 318 g/mol. The van der Waals surface area contributed by atoms with Gasteiger partial charge in [-0.15, -0.1) is 0 Å². The van der Waals surface area contributed by atoms with Crippen LogP contribution in [-0.2, 0) is 10.3 Å². The Balaban J connectivity index is 1.68. The zero-order valence-corrected chi connectivity index (χ0v) is 14.4. The Morgan fingerprint density at radius 1 is 1.16 bits per heavy atom. The lowest BCUT2D eigenvalue weighted by molar-refractivity contribution is -0.384. The number of hydrogen-bond donors (Lipinski definition) is 0. The third-order valence-corrected chi connectivity index (χ3v) is 5.58. The molecule has 0 aliphatic carbocycles. The van der Waals surface area contributed by atoms with Gasteiger partial charge in [-0.1, -0.05) is 23.4 Å². The zero-order valence-electron chi connectivity index (χ0n) is 14.4. The van der Waals surface area contributed by atoms with Gasteiger partial charge in [0.25, 0.3) is 5.69 Å². The first kappa shape index (κ1) is 15.6. The Labute approximate surface area is 145 Å². The second-order valence-corrected chi connectivity index (χ2v) is 7.10. The van der Waals surface area contributed by atoms with E-state index in [1.165, 1.54) is 17.7 Å². The van der Waals surface area contributed by atoms with Gasteiger partial charge in [-0.05, 0) is 37.6 Å². The Bertz CT molecular complexity index is 889. The summed E-state index contributed by atoms with van der Waals surface area (Å²) in [4.78, 5) is 18.6. The van der Waals surface area contributed by atoms with E-state index >= 15 is 0 Å². The zero-order chi connectivity index (χ0) is 17.8. The highest BCUT2D eigenvalue weighted by Crippen LogP contribution is 2.55. The number of fused-ring (bicyclic) bond motifs is 1. The topological polar surface area (TPSA) is 68.0 Å². The first-order valence-electron chi connectivity index (χ1n) is 8.20. The predicted molar refractivity (Wildman–Crippen MR) is 95.9 cm³/mol. The monoisotopic (exact) mass is 337 g/mol. The van der Waals surface area contributed by atoms with Gasteiger partial charge in [-0.2, -0.15) is 0 Å². The molecule has 1 spiro atoms. The highest BCUT2D eigenvalue weighted by molar-refractivity contribution is 6.02. The molecule has 0 fully saturated rings. The molecule has 2 aromatic carbocycles. The van der Waals surface area contributed by atoms with Crippen LogP contribution < -0.4 is 4.90 Å². The van der Waals surface area contributed by atoms with Crippen LogP contribution in [0.25, 0.3) is 0 Å². The average molecular weight is 337 g/mol. The summed E-state index contributed by atoms with van der Waals surface area (Å²) in [5, 5.41) is 15.2. The van der Waals surface area contributed by atoms with Crippen LogP contribution in [0.2, 0.25) is 0 Å². The van der Waals surface area contributed by atoms with Crippen LogP contribution in [-0.4, -0.2) is 23.4 Å². The Hall–Kier alpha value is -2.89. The molecule has 128 valence electrons. The van der Waals surface area contributed by atoms with E-state index in [4.69, 9.17) is 4.84 Å². The Morgan fingerprint density at radius 2 is 1.84 bits per heavy atom. The first-order valence-corrected chi connectivity index (χ1v) is 8.20. The van der Waals surface area contributed by atoms with Crippen molar-refractivity contribution in [1.29, 1.82) is 0 Å². The van der Waals surface area contributed by atoms with E-state index < -0.39 is 10.6 Å². The maximum absolute atomic E-state index is 10.8. The molecule has 2 aliphatic rings. The third-order valence-electron chi connectivity index (χ3n) is 5.58. The van der Waals surface area contributed by atoms with Gasteiger partial charge < -0.3 is 9.74 Å². The first-order chi connectivity index (χ1) is 11.9. The minimum Gasteiger partial charge on any atom is -0.366 e. The Kier molecular flexibility index (Phi) is 3.16. The minimum atomic E-state index is -0.589. The van der Waals surface area contributed by atoms with Crippen LogP contribution in [0.3, 0.4) is 0 Å². The summed E-state index contributed by atoms with van der Waals surface area (Å²) in [5.41, 5.74) is 3.28. The molecule has 2 aliphatic heterocycles. The van der Waals surface area contributed by atoms with Crippen molar-refractivity contribution in [2.24, 2.45) is 5.16 Å². The van der Waals surface area contributed by atoms with Crippen LogP contribution in [0.15, 0.2) is 53.7 Å². The fraction of sp³-hybridized carbons (Fsp3) is 0.316. The van der Waals surface area contributed by atoms with Crippen molar-refractivity contribution in [1.82, 2.24) is 0 Å². The average Bonchev–Trinajstić information content (AvgIpc) is 3.13. The van der Waals surface area contributed by atoms with Crippen LogP contribution in [0.4, 0.5) is 11.4 Å². The number of hydrogen-bond acceptors (Lipinski definition) is 5. The van der Waals surface area contributed by atoms with Gasteiger partial charge in [0.2, 0.25) is 5.72 Å². The molecular formula is C19H19N3O3. The third kappa shape index (κ3) is 2.00. The summed E-state index contributed by atoms with van der Waals surface area (Å²) in [6.07, 6.45) is 0.614. The van der Waals surface area contributed by atoms with E-state index in [2.05, 4.69) is 36.0 Å². The van der Waals surface area contributed by atoms with Crippen LogP contribution in [0.5, 0.6) is 0 Å². The van der Waals surface area contributed by atoms with E-state index in [0.717, 1.165) is 17.0 Å². The molecule has 0 N–H and O–H groups in total. The van der Waals surface area contributed by atoms with Crippen LogP contribution in [0.1, 0.15) is 31.4 Å². The van der Waals surface area contributed by atoms with Crippen molar-refractivity contribution in [2.45, 2.75) is 31.4 Å². The van der Waals surface area contributed by atoms with Gasteiger partial charge in [0.05, 0.1) is 22.5 Å². The number of para-hydroxylation sites is 1. The summed E-state index contributed by atoms with van der Waals surface area (Å²) in [6.45, 7) is 4.34. The van der Waals surface area contributed by atoms with E-state index in [1.54, 1.807) is 12.1 Å². The SMILES string of the molecule is CN1c2ccccc2C(C)(C)[C@]12CC(c1ccc([N+](=O)[O-])cc1)=NO2. The molecule has 6 nitrogen and oxygen atoms in total. The molecule has 6 heteroatoms. The standard InChI is InChI=1S/C19H19N3O3/c1-18(2)15-6-4-5-7-17(15)21(3)19(18)12-16(20-25-19)13-8-10-14(11-9-13)22(23)24/h4-11H,12H2,1-3H3/t19-/m1/s1. The smallest absolute Gasteiger partial charge is 0.269 e. The lowest BCUT2D eigenvalue weighted by Crippen LogP contribution is -2.54. The van der Waals surface area contributed by atoms with Gasteiger partial charge in [0, 0.05) is 30.4 Å². The van der Waals surface area contributed by atoms with E-state index in [-0.39, 0.29) is 11.1 Å². The van der Waals surface area contributed by atoms with Gasteiger partial charge in [0.15, 0.2) is 0 Å². The summed E-state index contributed by atoms with van der Waals surface area (Å²) < 4.78 is 0. The lowest BCUT2D eigenvalue weighted by Gasteiger charge is -2.40. The maximum Gasteiger partial charge on any atom is 0.269 e. The number of nitro groups is 1. The quantitative estimate of drug-likeness (QED) is 0.617. The van der Waals surface area contributed by atoms with Crippen LogP contribution >= 0.6 is 0 Å². The van der Waals surface area contributed by atoms with E-state index in [0.29, 0.717) is 6.42 Å². The maximum atomic E-state index is 10.8. The number of likely N-dealkylation sites (N-methyl/N-ethyl adjacent to an activating group) is 1. The van der Waals surface area contributed by atoms with Crippen molar-refractivity contribution in [3.05, 3.63) is 69.8 Å². The van der Waals surface area contributed by atoms with Gasteiger partial charge in [-0.3, -0.25) is 10.1 Å². The molecule has 0 radical (unpaired) electrons. The largest absolute Gasteiger partial charge is 0.366 e. The molecule has 2 heterocycles. The predicted octanol–water partition coefficient (Wildman–Crippen LogP) is 3.84. The number of anilines is 1. The van der Waals surface area contributed by atoms with Crippen molar-refractivity contribution in [3.8, 4) is 0 Å². The lowest BCUT2D eigenvalue weighted by atomic mass is 9.75. The van der Waals surface area contributed by atoms with Crippen molar-refractivity contribution in [3.63, 3.8) is 0 Å². The number of nitrogens with zero attached hydrogens (tertiary/aromatic N) is 3. The van der Waals surface area contributed by atoms with Crippen LogP contribution in [0, 0.1) is 10.1 Å². The van der Waals surface area contributed by atoms with Crippen molar-refractivity contribution >= 4 is 17.1 Å². The number of oxime groups is 1. The molecule has 2 aromatic rings. The normalized spacial score (nSPS) is 23.3. The molecule has 0 amide bonds. The Morgan fingerprint density at radius 3 is 2.48 bits per heavy atom. The summed E-state index contributed by atoms with van der Waals surface area (Å²) in [6, 6.07) is 14.8. The molecule has 0 unspecified atom stereocenters. The summed E-state index contributed by atoms with van der Waals surface area (Å²) in [5.74, 6) is 0. The van der Waals surface area contributed by atoms with Gasteiger partial charge in [-0.25, -0.2) is 0 Å². The van der Waals surface area contributed by atoms with Gasteiger partial charge in [0.1, 0.15) is 0 Å². The summed E-state index contributed by atoms with van der Waals surface area (Å²) >= 11 is 0. The number of benzene rings is 2. The molecule has 0 aromatic heterocycles. The molecule has 0 saturated carbocycles. The fourth-order valence-corrected chi connectivity index (χ4v) is 3.99. The van der Waals surface area contributed by atoms with Crippen molar-refractivity contribution < 1.29 is 9.76 Å². The van der Waals surface area contributed by atoms with E-state index in [9.17, 15) is 10.1 Å². The molecule has 1 atom stereocenters. The number of rotatable bonds is 2. The second-order valence-electron chi connectivity index (χ2n) is 7.10. The second kappa shape index (κ2) is 5.05. The highest BCUT2D eigenvalue weighted by atomic mass is 16.7. The fourth-order valence-electron chi connectivity index (χ4n) is 3.99. The minimum absolute atomic E-state index is 0.0729. The highest BCUT2D eigenvalue weighted by Gasteiger charge is 2.61. The number of nitro benzene ring substituents is 1. The molecule has 4 rings (SSSR count).